The Kier molecular flexibility index (Phi) is 2.22. The van der Waals surface area contributed by atoms with Crippen LogP contribution in [-0.4, -0.2) is 11.8 Å². The zero-order valence-electron chi connectivity index (χ0n) is 9.22. The minimum atomic E-state index is 0.427. The topological polar surface area (TPSA) is 24.4 Å². The number of hydrogen-bond acceptors (Lipinski definition) is 2. The molecule has 0 aromatic heterocycles. The van der Waals surface area contributed by atoms with E-state index in [9.17, 15) is 0 Å². The monoisotopic (exact) mass is 190 g/mol. The van der Waals surface area contributed by atoms with Crippen molar-refractivity contribution in [1.29, 1.82) is 0 Å². The van der Waals surface area contributed by atoms with Crippen molar-refractivity contribution in [2.45, 2.75) is 39.7 Å². The molecule has 2 nitrogen and oxygen atoms in total. The van der Waals surface area contributed by atoms with Gasteiger partial charge in [-0.1, -0.05) is 6.58 Å². The van der Waals surface area contributed by atoms with E-state index < -0.39 is 0 Å². The van der Waals surface area contributed by atoms with Crippen molar-refractivity contribution >= 4 is 5.71 Å². The molecule has 0 bridgehead atoms. The van der Waals surface area contributed by atoms with Crippen LogP contribution in [0, 0.1) is 5.92 Å². The highest BCUT2D eigenvalue weighted by Crippen LogP contribution is 2.36. The molecule has 14 heavy (non-hydrogen) atoms. The van der Waals surface area contributed by atoms with E-state index in [-0.39, 0.29) is 0 Å². The van der Waals surface area contributed by atoms with Crippen LogP contribution in [0.5, 0.6) is 0 Å². The largest absolute Gasteiger partial charge is 0.378 e. The maximum Gasteiger partial charge on any atom is 0.0713 e. The van der Waals surface area contributed by atoms with E-state index in [1.807, 2.05) is 13.8 Å². The van der Waals surface area contributed by atoms with E-state index in [1.165, 1.54) is 18.5 Å². The van der Waals surface area contributed by atoms with E-state index in [0.717, 1.165) is 22.9 Å². The van der Waals surface area contributed by atoms with Gasteiger partial charge in [0.25, 0.3) is 0 Å². The van der Waals surface area contributed by atoms with Gasteiger partial charge in [0, 0.05) is 5.70 Å². The van der Waals surface area contributed by atoms with E-state index in [4.69, 9.17) is 0 Å². The molecule has 0 aromatic carbocycles. The van der Waals surface area contributed by atoms with E-state index in [2.05, 4.69) is 23.8 Å². The lowest BCUT2D eigenvalue weighted by atomic mass is 9.99. The van der Waals surface area contributed by atoms with E-state index in [0.29, 0.717) is 6.04 Å². The Hall–Kier alpha value is -1.05. The van der Waals surface area contributed by atoms with E-state index >= 15 is 0 Å². The maximum atomic E-state index is 4.64. The Morgan fingerprint density at radius 3 is 2.57 bits per heavy atom. The summed E-state index contributed by atoms with van der Waals surface area (Å²) in [6.07, 6.45) is 2.66. The molecule has 1 aliphatic heterocycles. The molecule has 1 aliphatic carbocycles. The van der Waals surface area contributed by atoms with Crippen LogP contribution in [0.3, 0.4) is 0 Å². The standard InChI is InChI=1S/C12H18N2/c1-7(2)11-12(10-5-6-10)14-9(4)8(3)13-11/h10,12,14H,1,5-6H2,2-4H3. The fourth-order valence-corrected chi connectivity index (χ4v) is 1.87. The summed E-state index contributed by atoms with van der Waals surface area (Å²) in [5.74, 6) is 0.786. The third-order valence-corrected chi connectivity index (χ3v) is 3.03. The van der Waals surface area contributed by atoms with E-state index in [1.54, 1.807) is 0 Å². The van der Waals surface area contributed by atoms with Gasteiger partial charge in [0.1, 0.15) is 0 Å². The Morgan fingerprint density at radius 1 is 1.43 bits per heavy atom. The number of aliphatic imine (C=N–C) groups is 1. The van der Waals surface area contributed by atoms with Gasteiger partial charge in [0.2, 0.25) is 0 Å². The minimum absolute atomic E-state index is 0.427. The van der Waals surface area contributed by atoms with Crippen LogP contribution in [0.2, 0.25) is 0 Å². The highest BCUT2D eigenvalue weighted by Gasteiger charge is 2.36. The third-order valence-electron chi connectivity index (χ3n) is 3.03. The summed E-state index contributed by atoms with van der Waals surface area (Å²) in [5.41, 5.74) is 4.57. The van der Waals surface area contributed by atoms with Gasteiger partial charge in [-0.05, 0) is 45.1 Å². The average Bonchev–Trinajstić information content (AvgIpc) is 2.91. The quantitative estimate of drug-likeness (QED) is 0.711. The molecular formula is C12H18N2. The number of nitrogens with one attached hydrogen (secondary N) is 1. The molecule has 2 rings (SSSR count). The predicted octanol–water partition coefficient (Wildman–Crippen LogP) is 2.64. The first-order chi connectivity index (χ1) is 6.59. The zero-order chi connectivity index (χ0) is 10.3. The molecule has 1 heterocycles. The molecule has 1 N–H and O–H groups in total. The second kappa shape index (κ2) is 3.26. The van der Waals surface area contributed by atoms with Gasteiger partial charge in [-0.3, -0.25) is 4.99 Å². The summed E-state index contributed by atoms with van der Waals surface area (Å²) in [6.45, 7) is 10.2. The molecule has 76 valence electrons. The van der Waals surface area contributed by atoms with Gasteiger partial charge in [-0.25, -0.2) is 0 Å². The Labute approximate surface area is 85.8 Å². The number of rotatable bonds is 2. The predicted molar refractivity (Wildman–Crippen MR) is 60.3 cm³/mol. The van der Waals surface area contributed by atoms with Crippen LogP contribution < -0.4 is 5.32 Å². The van der Waals surface area contributed by atoms with Gasteiger partial charge in [0.15, 0.2) is 0 Å². The van der Waals surface area contributed by atoms with Crippen LogP contribution in [0.25, 0.3) is 0 Å². The summed E-state index contributed by atoms with van der Waals surface area (Å²) in [4.78, 5) is 4.64. The van der Waals surface area contributed by atoms with Crippen molar-refractivity contribution in [3.63, 3.8) is 0 Å². The zero-order valence-corrected chi connectivity index (χ0v) is 9.22. The number of allylic oxidation sites excluding steroid dienone is 2. The fourth-order valence-electron chi connectivity index (χ4n) is 1.87. The van der Waals surface area contributed by atoms with Crippen LogP contribution in [-0.2, 0) is 0 Å². The molecule has 0 saturated heterocycles. The first-order valence-corrected chi connectivity index (χ1v) is 5.28. The number of hydrogen-bond donors (Lipinski definition) is 1. The lowest BCUT2D eigenvalue weighted by Gasteiger charge is -2.27. The third kappa shape index (κ3) is 1.61. The molecule has 0 amide bonds. The molecule has 1 unspecified atom stereocenters. The highest BCUT2D eigenvalue weighted by atomic mass is 15.0. The minimum Gasteiger partial charge on any atom is -0.378 e. The molecule has 0 radical (unpaired) electrons. The summed E-state index contributed by atoms with van der Waals surface area (Å²) in [7, 11) is 0. The van der Waals surface area contributed by atoms with Gasteiger partial charge >= 0.3 is 0 Å². The van der Waals surface area contributed by atoms with Crippen molar-refractivity contribution in [3.05, 3.63) is 23.5 Å². The van der Waals surface area contributed by atoms with Gasteiger partial charge in [0.05, 0.1) is 17.5 Å². The van der Waals surface area contributed by atoms with Gasteiger partial charge in [-0.15, -0.1) is 0 Å². The number of nitrogens with zero attached hydrogens (tertiary/aromatic N) is 1. The van der Waals surface area contributed by atoms with Gasteiger partial charge < -0.3 is 5.32 Å². The Balaban J connectivity index is 2.29. The van der Waals surface area contributed by atoms with Crippen molar-refractivity contribution < 1.29 is 0 Å². The molecule has 1 atom stereocenters. The van der Waals surface area contributed by atoms with Crippen molar-refractivity contribution in [1.82, 2.24) is 5.32 Å². The van der Waals surface area contributed by atoms with Crippen LogP contribution in [0.1, 0.15) is 33.6 Å². The summed E-state index contributed by atoms with van der Waals surface area (Å²) in [6, 6.07) is 0.427. The average molecular weight is 190 g/mol. The maximum absolute atomic E-state index is 4.64. The van der Waals surface area contributed by atoms with Crippen LogP contribution >= 0.6 is 0 Å². The van der Waals surface area contributed by atoms with Crippen molar-refractivity contribution in [3.8, 4) is 0 Å². The molecule has 2 aliphatic rings. The molecule has 2 heteroatoms. The Bertz CT molecular complexity index is 332. The lowest BCUT2D eigenvalue weighted by molar-refractivity contribution is 0.611. The van der Waals surface area contributed by atoms with Crippen molar-refractivity contribution in [2.75, 3.05) is 0 Å². The smallest absolute Gasteiger partial charge is 0.0713 e. The molecule has 0 aromatic rings. The first kappa shape index (κ1) is 9.50. The first-order valence-electron chi connectivity index (χ1n) is 5.28. The van der Waals surface area contributed by atoms with Crippen LogP contribution in [0.4, 0.5) is 0 Å². The lowest BCUT2D eigenvalue weighted by Crippen LogP contribution is -2.40. The van der Waals surface area contributed by atoms with Gasteiger partial charge in [-0.2, -0.15) is 0 Å². The molecular weight excluding hydrogens is 172 g/mol. The summed E-state index contributed by atoms with van der Waals surface area (Å²) < 4.78 is 0. The second-order valence-electron chi connectivity index (χ2n) is 4.45. The summed E-state index contributed by atoms with van der Waals surface area (Å²) in [5, 5.41) is 3.55. The molecule has 0 spiro atoms. The molecule has 1 fully saturated rings. The highest BCUT2D eigenvalue weighted by molar-refractivity contribution is 6.04. The SMILES string of the molecule is C=C(C)C1=NC(C)=C(C)NC1C1CC1. The fraction of sp³-hybridized carbons (Fsp3) is 0.583. The Morgan fingerprint density at radius 2 is 2.07 bits per heavy atom. The van der Waals surface area contributed by atoms with Crippen LogP contribution in [0.15, 0.2) is 28.5 Å². The van der Waals surface area contributed by atoms with Crippen molar-refractivity contribution in [2.24, 2.45) is 10.9 Å². The molecule has 1 saturated carbocycles. The second-order valence-corrected chi connectivity index (χ2v) is 4.45. The summed E-state index contributed by atoms with van der Waals surface area (Å²) >= 11 is 0. The normalized spacial score (nSPS) is 27.1.